The third kappa shape index (κ3) is 5.62. The van der Waals surface area contributed by atoms with Crippen LogP contribution in [0.15, 0.2) is 156 Å². The number of aromatic nitrogens is 4. The molecule has 0 aliphatic heterocycles. The molecular weight excluding hydrogens is 677 g/mol. The summed E-state index contributed by atoms with van der Waals surface area (Å²) in [5, 5.41) is 13.1. The van der Waals surface area contributed by atoms with E-state index in [0.29, 0.717) is 35.4 Å². The van der Waals surface area contributed by atoms with Gasteiger partial charge in [-0.15, -0.1) is 0 Å². The van der Waals surface area contributed by atoms with Gasteiger partial charge in [-0.3, -0.25) is 9.81 Å². The topological polar surface area (TPSA) is 75.4 Å². The standard InChI is InChI=1S/C48H40N6O/c1-3-33(27-31(2)53-42-18-10-7-15-38(42)39-16-8-11-19-43(39)53)34-23-21-32(22-24-34)30-52(36-13-5-4-6-14-36)37-26-25-35-28-40-46-50-41-17-9-12-20-44(41)54(46)48(49)51-47(40)55-45(35)29-37/h4-26,28-29,31,33,49H,3,27,30H2,1-2H3. The molecule has 6 aromatic carbocycles. The second kappa shape index (κ2) is 13.3. The van der Waals surface area contributed by atoms with E-state index < -0.39 is 0 Å². The molecule has 0 saturated carbocycles. The first-order valence-electron chi connectivity index (χ1n) is 19.1. The van der Waals surface area contributed by atoms with E-state index in [9.17, 15) is 0 Å². The number of rotatable bonds is 9. The van der Waals surface area contributed by atoms with Gasteiger partial charge in [0.25, 0.3) is 0 Å². The predicted molar refractivity (Wildman–Crippen MR) is 224 cm³/mol. The largest absolute Gasteiger partial charge is 0.437 e. The van der Waals surface area contributed by atoms with Gasteiger partial charge in [-0.2, -0.15) is 4.98 Å². The zero-order chi connectivity index (χ0) is 37.0. The number of hydrogen-bond acceptors (Lipinski definition) is 5. The zero-order valence-electron chi connectivity index (χ0n) is 30.9. The molecule has 0 aliphatic carbocycles. The highest BCUT2D eigenvalue weighted by molar-refractivity contribution is 6.08. The van der Waals surface area contributed by atoms with Gasteiger partial charge < -0.3 is 13.9 Å². The van der Waals surface area contributed by atoms with Gasteiger partial charge in [-0.25, -0.2) is 4.98 Å². The van der Waals surface area contributed by atoms with Crippen molar-refractivity contribution in [3.63, 3.8) is 0 Å². The van der Waals surface area contributed by atoms with Crippen molar-refractivity contribution in [2.75, 3.05) is 4.90 Å². The molecule has 7 heteroatoms. The minimum Gasteiger partial charge on any atom is -0.437 e. The number of hydrogen-bond donors (Lipinski definition) is 1. The van der Waals surface area contributed by atoms with Crippen molar-refractivity contribution < 1.29 is 4.42 Å². The van der Waals surface area contributed by atoms with Gasteiger partial charge in [0.2, 0.25) is 11.3 Å². The molecule has 0 fully saturated rings. The van der Waals surface area contributed by atoms with E-state index in [0.717, 1.165) is 46.0 Å². The lowest BCUT2D eigenvalue weighted by Gasteiger charge is -2.26. The monoisotopic (exact) mass is 716 g/mol. The second-order valence-electron chi connectivity index (χ2n) is 14.6. The minimum atomic E-state index is 0.0938. The summed E-state index contributed by atoms with van der Waals surface area (Å²) in [6.45, 7) is 5.37. The van der Waals surface area contributed by atoms with Crippen LogP contribution in [0.5, 0.6) is 0 Å². The summed E-state index contributed by atoms with van der Waals surface area (Å²) in [7, 11) is 0. The second-order valence-corrected chi connectivity index (χ2v) is 14.6. The molecule has 10 aromatic rings. The predicted octanol–water partition coefficient (Wildman–Crippen LogP) is 11.9. The first kappa shape index (κ1) is 32.9. The van der Waals surface area contributed by atoms with E-state index in [1.807, 2.05) is 30.3 Å². The molecule has 4 aromatic heterocycles. The number of nitrogens with zero attached hydrogens (tertiary/aromatic N) is 5. The van der Waals surface area contributed by atoms with Crippen molar-refractivity contribution in [3.8, 4) is 0 Å². The van der Waals surface area contributed by atoms with E-state index in [4.69, 9.17) is 14.8 Å². The lowest BCUT2D eigenvalue weighted by molar-refractivity contribution is 0.462. The van der Waals surface area contributed by atoms with Gasteiger partial charge in [0.15, 0.2) is 5.65 Å². The summed E-state index contributed by atoms with van der Waals surface area (Å²) >= 11 is 0. The molecule has 0 amide bonds. The molecule has 7 nitrogen and oxygen atoms in total. The smallest absolute Gasteiger partial charge is 0.233 e. The maximum absolute atomic E-state index is 8.72. The summed E-state index contributed by atoms with van der Waals surface area (Å²) in [5.74, 6) is 0.436. The van der Waals surface area contributed by atoms with E-state index in [-0.39, 0.29) is 5.62 Å². The molecule has 1 N–H and O–H groups in total. The number of imidazole rings is 1. The SMILES string of the molecule is CCC(CC(C)n1c2ccccc2c2ccccc21)c1ccc(CN(c2ccccc2)c2ccc3cc4c(nc(=N)n5c6ccccc6nc45)oc3c2)cc1. The molecule has 10 rings (SSSR count). The average Bonchev–Trinajstić information content (AvgIpc) is 3.79. The van der Waals surface area contributed by atoms with Crippen LogP contribution >= 0.6 is 0 Å². The molecule has 55 heavy (non-hydrogen) atoms. The van der Waals surface area contributed by atoms with E-state index in [1.165, 1.54) is 32.9 Å². The van der Waals surface area contributed by atoms with Crippen molar-refractivity contribution in [1.29, 1.82) is 5.41 Å². The summed E-state index contributed by atoms with van der Waals surface area (Å²) in [5.41, 5.74) is 10.9. The van der Waals surface area contributed by atoms with Gasteiger partial charge in [-0.1, -0.05) is 97.9 Å². The highest BCUT2D eigenvalue weighted by Gasteiger charge is 2.20. The molecule has 268 valence electrons. The number of para-hydroxylation sites is 5. The van der Waals surface area contributed by atoms with E-state index in [1.54, 1.807) is 4.40 Å². The maximum atomic E-state index is 8.72. The van der Waals surface area contributed by atoms with Crippen molar-refractivity contribution in [1.82, 2.24) is 18.9 Å². The summed E-state index contributed by atoms with van der Waals surface area (Å²) in [6.07, 6.45) is 2.13. The normalized spacial score (nSPS) is 13.1. The molecule has 0 spiro atoms. The fourth-order valence-corrected chi connectivity index (χ4v) is 8.59. The molecule has 2 unspecified atom stereocenters. The molecule has 0 saturated heterocycles. The first-order valence-corrected chi connectivity index (χ1v) is 19.1. The lowest BCUT2D eigenvalue weighted by Crippen LogP contribution is -2.17. The molecule has 0 radical (unpaired) electrons. The molecule has 4 heterocycles. The fraction of sp³-hybridized carbons (Fsp3) is 0.146. The Labute approximate surface area is 318 Å². The van der Waals surface area contributed by atoms with Crippen molar-refractivity contribution in [2.24, 2.45) is 0 Å². The Kier molecular flexibility index (Phi) is 7.94. The molecular formula is C48H40N6O. The van der Waals surface area contributed by atoms with Crippen molar-refractivity contribution in [3.05, 3.63) is 168 Å². The minimum absolute atomic E-state index is 0.0938. The number of benzene rings is 6. The Balaban J connectivity index is 0.958. The van der Waals surface area contributed by atoms with E-state index in [2.05, 4.69) is 150 Å². The Morgan fingerprint density at radius 2 is 1.35 bits per heavy atom. The van der Waals surface area contributed by atoms with Gasteiger partial charge in [0.1, 0.15) is 5.58 Å². The number of anilines is 2. The summed E-state index contributed by atoms with van der Waals surface area (Å²) < 4.78 is 10.8. The van der Waals surface area contributed by atoms with Crippen LogP contribution in [0.25, 0.3) is 60.6 Å². The van der Waals surface area contributed by atoms with Crippen LogP contribution in [0.2, 0.25) is 0 Å². The summed E-state index contributed by atoms with van der Waals surface area (Å²) in [4.78, 5) is 11.7. The van der Waals surface area contributed by atoms with Gasteiger partial charge in [-0.05, 0) is 91.4 Å². The quantitative estimate of drug-likeness (QED) is 0.151. The van der Waals surface area contributed by atoms with Crippen LogP contribution in [0.4, 0.5) is 11.4 Å². The number of nitrogens with one attached hydrogen (secondary N) is 1. The van der Waals surface area contributed by atoms with Crippen LogP contribution in [-0.2, 0) is 6.54 Å². The molecule has 0 bridgehead atoms. The van der Waals surface area contributed by atoms with Gasteiger partial charge in [0.05, 0.1) is 16.4 Å². The Morgan fingerprint density at radius 1 is 0.673 bits per heavy atom. The average molecular weight is 717 g/mol. The third-order valence-electron chi connectivity index (χ3n) is 11.3. The van der Waals surface area contributed by atoms with Gasteiger partial charge >= 0.3 is 0 Å². The Morgan fingerprint density at radius 3 is 2.07 bits per heavy atom. The highest BCUT2D eigenvalue weighted by atomic mass is 16.3. The van der Waals surface area contributed by atoms with E-state index >= 15 is 0 Å². The zero-order valence-corrected chi connectivity index (χ0v) is 30.9. The first-order chi connectivity index (χ1) is 27.0. The van der Waals surface area contributed by atoms with Gasteiger partial charge in [0, 0.05) is 57.2 Å². The molecule has 0 aliphatic rings. The molecule has 2 atom stereocenters. The highest BCUT2D eigenvalue weighted by Crippen LogP contribution is 2.37. The Hall–Kier alpha value is -6.73. The van der Waals surface area contributed by atoms with Crippen molar-refractivity contribution in [2.45, 2.75) is 45.2 Å². The van der Waals surface area contributed by atoms with Crippen LogP contribution < -0.4 is 10.5 Å². The third-order valence-corrected chi connectivity index (χ3v) is 11.3. The van der Waals surface area contributed by atoms with Crippen molar-refractivity contribution >= 4 is 71.9 Å². The Bertz CT molecular complexity index is 3030. The number of fused-ring (bicyclic) bond motifs is 9. The lowest BCUT2D eigenvalue weighted by atomic mass is 9.89. The maximum Gasteiger partial charge on any atom is 0.233 e. The summed E-state index contributed by atoms with van der Waals surface area (Å²) in [6, 6.07) is 53.9. The van der Waals surface area contributed by atoms with Crippen LogP contribution in [0, 0.1) is 5.41 Å². The van der Waals surface area contributed by atoms with Crippen LogP contribution in [0.3, 0.4) is 0 Å². The fourth-order valence-electron chi connectivity index (χ4n) is 8.59. The van der Waals surface area contributed by atoms with Crippen LogP contribution in [0.1, 0.15) is 49.8 Å². The van der Waals surface area contributed by atoms with Crippen LogP contribution in [-0.4, -0.2) is 18.9 Å².